The predicted octanol–water partition coefficient (Wildman–Crippen LogP) is 4.75. The first-order valence-corrected chi connectivity index (χ1v) is 7.87. The molecule has 0 aliphatic heterocycles. The van der Waals surface area contributed by atoms with Crippen LogP contribution in [0.25, 0.3) is 22.3 Å². The summed E-state index contributed by atoms with van der Waals surface area (Å²) in [7, 11) is 4.74. The molecule has 0 fully saturated rings. The van der Waals surface area contributed by atoms with Crippen LogP contribution >= 0.6 is 0 Å². The van der Waals surface area contributed by atoms with Gasteiger partial charge < -0.3 is 19.3 Å². The lowest BCUT2D eigenvalue weighted by Gasteiger charge is -2.17. The van der Waals surface area contributed by atoms with Gasteiger partial charge in [-0.05, 0) is 5.56 Å². The average molecular weight is 336 g/mol. The van der Waals surface area contributed by atoms with Crippen molar-refractivity contribution in [2.75, 3.05) is 21.3 Å². The molecule has 3 aromatic rings. The fourth-order valence-electron chi connectivity index (χ4n) is 2.87. The molecule has 3 aromatic carbocycles. The lowest BCUT2D eigenvalue weighted by Crippen LogP contribution is -1.96. The van der Waals surface area contributed by atoms with Crippen molar-refractivity contribution in [1.29, 1.82) is 0 Å². The summed E-state index contributed by atoms with van der Waals surface area (Å²) in [5.41, 5.74) is 3.00. The van der Waals surface area contributed by atoms with E-state index in [1.807, 2.05) is 48.5 Å². The van der Waals surface area contributed by atoms with Gasteiger partial charge in [0, 0.05) is 23.3 Å². The molecular weight excluding hydrogens is 316 g/mol. The Labute approximate surface area is 147 Å². The minimum absolute atomic E-state index is 0.176. The third-order valence-corrected chi connectivity index (χ3v) is 4.11. The molecule has 4 heteroatoms. The van der Waals surface area contributed by atoms with Crippen LogP contribution in [0.3, 0.4) is 0 Å². The normalized spacial score (nSPS) is 10.4. The number of hydrogen-bond donors (Lipinski definition) is 1. The first-order chi connectivity index (χ1) is 12.2. The van der Waals surface area contributed by atoms with Crippen LogP contribution in [0.1, 0.15) is 0 Å². The van der Waals surface area contributed by atoms with Crippen LogP contribution in [0.15, 0.2) is 60.7 Å². The molecule has 1 N–H and O–H groups in total. The fourth-order valence-corrected chi connectivity index (χ4v) is 2.87. The Morgan fingerprint density at radius 2 is 1.28 bits per heavy atom. The summed E-state index contributed by atoms with van der Waals surface area (Å²) in [6.45, 7) is 0. The summed E-state index contributed by atoms with van der Waals surface area (Å²) in [4.78, 5) is 0. The van der Waals surface area contributed by atoms with E-state index in [9.17, 15) is 5.11 Å². The number of methoxy groups -OCH3 is 3. The van der Waals surface area contributed by atoms with E-state index in [-0.39, 0.29) is 5.75 Å². The Hall–Kier alpha value is -3.14. The highest BCUT2D eigenvalue weighted by Crippen LogP contribution is 2.47. The van der Waals surface area contributed by atoms with E-state index in [2.05, 4.69) is 0 Å². The Balaban J connectivity index is 2.24. The van der Waals surface area contributed by atoms with Crippen molar-refractivity contribution in [3.63, 3.8) is 0 Å². The molecule has 0 unspecified atom stereocenters. The zero-order valence-corrected chi connectivity index (χ0v) is 14.4. The molecule has 0 spiro atoms. The Morgan fingerprint density at radius 3 is 1.84 bits per heavy atom. The number of benzene rings is 3. The van der Waals surface area contributed by atoms with Crippen molar-refractivity contribution in [3.8, 4) is 45.3 Å². The van der Waals surface area contributed by atoms with E-state index < -0.39 is 0 Å². The number of aromatic hydroxyl groups is 1. The van der Waals surface area contributed by atoms with Crippen LogP contribution in [0.5, 0.6) is 23.0 Å². The Morgan fingerprint density at radius 1 is 0.680 bits per heavy atom. The molecule has 128 valence electrons. The summed E-state index contributed by atoms with van der Waals surface area (Å²) < 4.78 is 16.3. The zero-order chi connectivity index (χ0) is 17.8. The van der Waals surface area contributed by atoms with E-state index >= 15 is 0 Å². The number of ether oxygens (including phenoxy) is 3. The second-order valence-electron chi connectivity index (χ2n) is 5.47. The Bertz CT molecular complexity index is 847. The lowest BCUT2D eigenvalue weighted by molar-refractivity contribution is 0.377. The van der Waals surface area contributed by atoms with Crippen molar-refractivity contribution in [1.82, 2.24) is 0 Å². The standard InChI is InChI=1S/C21H20O4/c1-23-15-12-18(24-2)20(19(13-15)25-3)17-11-7-10-16(21(17)22)14-8-5-4-6-9-14/h4-13,22H,1-3H3. The van der Waals surface area contributed by atoms with Gasteiger partial charge in [0.15, 0.2) is 0 Å². The molecule has 25 heavy (non-hydrogen) atoms. The third kappa shape index (κ3) is 3.11. The molecule has 0 saturated heterocycles. The van der Waals surface area contributed by atoms with Gasteiger partial charge in [0.1, 0.15) is 23.0 Å². The van der Waals surface area contributed by atoms with E-state index in [0.717, 1.165) is 11.1 Å². The minimum Gasteiger partial charge on any atom is -0.507 e. The fraction of sp³-hybridized carbons (Fsp3) is 0.143. The van der Waals surface area contributed by atoms with Gasteiger partial charge in [-0.15, -0.1) is 0 Å². The lowest BCUT2D eigenvalue weighted by atomic mass is 9.96. The highest BCUT2D eigenvalue weighted by molar-refractivity contribution is 5.87. The largest absolute Gasteiger partial charge is 0.507 e. The van der Waals surface area contributed by atoms with Crippen LogP contribution in [0, 0.1) is 0 Å². The Kier molecular flexibility index (Phi) is 4.80. The number of hydrogen-bond acceptors (Lipinski definition) is 4. The van der Waals surface area contributed by atoms with Gasteiger partial charge in [-0.25, -0.2) is 0 Å². The van der Waals surface area contributed by atoms with E-state index in [0.29, 0.717) is 28.4 Å². The highest BCUT2D eigenvalue weighted by Gasteiger charge is 2.20. The maximum absolute atomic E-state index is 10.9. The summed E-state index contributed by atoms with van der Waals surface area (Å²) in [5.74, 6) is 1.93. The van der Waals surface area contributed by atoms with Crippen LogP contribution in [0.4, 0.5) is 0 Å². The van der Waals surface area contributed by atoms with Crippen molar-refractivity contribution >= 4 is 0 Å². The minimum atomic E-state index is 0.176. The first kappa shape index (κ1) is 16.7. The summed E-state index contributed by atoms with van der Waals surface area (Å²) in [6.07, 6.45) is 0. The van der Waals surface area contributed by atoms with Crippen LogP contribution in [-0.4, -0.2) is 26.4 Å². The smallest absolute Gasteiger partial charge is 0.134 e. The summed E-state index contributed by atoms with van der Waals surface area (Å²) in [5, 5.41) is 10.9. The summed E-state index contributed by atoms with van der Waals surface area (Å²) >= 11 is 0. The molecule has 0 atom stereocenters. The van der Waals surface area contributed by atoms with Crippen molar-refractivity contribution < 1.29 is 19.3 Å². The SMILES string of the molecule is COc1cc(OC)c(-c2cccc(-c3ccccc3)c2O)c(OC)c1. The number of rotatable bonds is 5. The van der Waals surface area contributed by atoms with Gasteiger partial charge in [-0.2, -0.15) is 0 Å². The second-order valence-corrected chi connectivity index (χ2v) is 5.47. The van der Waals surface area contributed by atoms with Gasteiger partial charge >= 0.3 is 0 Å². The van der Waals surface area contributed by atoms with Gasteiger partial charge in [0.25, 0.3) is 0 Å². The zero-order valence-electron chi connectivity index (χ0n) is 14.4. The maximum Gasteiger partial charge on any atom is 0.134 e. The highest BCUT2D eigenvalue weighted by atomic mass is 16.5. The van der Waals surface area contributed by atoms with Crippen molar-refractivity contribution in [2.45, 2.75) is 0 Å². The molecule has 0 heterocycles. The van der Waals surface area contributed by atoms with Gasteiger partial charge in [-0.3, -0.25) is 0 Å². The number of phenols is 1. The van der Waals surface area contributed by atoms with E-state index in [1.165, 1.54) is 0 Å². The molecule has 4 nitrogen and oxygen atoms in total. The van der Waals surface area contributed by atoms with Crippen molar-refractivity contribution in [2.24, 2.45) is 0 Å². The summed E-state index contributed by atoms with van der Waals surface area (Å²) in [6, 6.07) is 18.9. The molecule has 0 bridgehead atoms. The third-order valence-electron chi connectivity index (χ3n) is 4.11. The van der Waals surface area contributed by atoms with Crippen LogP contribution in [-0.2, 0) is 0 Å². The second kappa shape index (κ2) is 7.18. The van der Waals surface area contributed by atoms with Crippen LogP contribution in [0.2, 0.25) is 0 Å². The molecular formula is C21H20O4. The quantitative estimate of drug-likeness (QED) is 0.730. The van der Waals surface area contributed by atoms with E-state index in [4.69, 9.17) is 14.2 Å². The van der Waals surface area contributed by atoms with Gasteiger partial charge in [0.05, 0.1) is 26.9 Å². The predicted molar refractivity (Wildman–Crippen MR) is 98.6 cm³/mol. The molecule has 3 rings (SSSR count). The molecule has 0 aliphatic rings. The number of phenolic OH excluding ortho intramolecular Hbond substituents is 1. The molecule has 0 radical (unpaired) electrons. The van der Waals surface area contributed by atoms with Crippen molar-refractivity contribution in [3.05, 3.63) is 60.7 Å². The molecule has 0 aromatic heterocycles. The molecule has 0 aliphatic carbocycles. The topological polar surface area (TPSA) is 47.9 Å². The van der Waals surface area contributed by atoms with Gasteiger partial charge in [0.2, 0.25) is 0 Å². The average Bonchev–Trinajstić information content (AvgIpc) is 2.68. The van der Waals surface area contributed by atoms with E-state index in [1.54, 1.807) is 33.5 Å². The van der Waals surface area contributed by atoms with Crippen LogP contribution < -0.4 is 14.2 Å². The molecule has 0 amide bonds. The molecule has 0 saturated carbocycles. The number of para-hydroxylation sites is 1. The monoisotopic (exact) mass is 336 g/mol. The van der Waals surface area contributed by atoms with Gasteiger partial charge in [-0.1, -0.05) is 48.5 Å². The maximum atomic E-state index is 10.9. The first-order valence-electron chi connectivity index (χ1n) is 7.87.